The molecule has 1 rings (SSSR count). The molecule has 0 aliphatic rings. The summed E-state index contributed by atoms with van der Waals surface area (Å²) in [5, 5.41) is 4.15. The van der Waals surface area contributed by atoms with Gasteiger partial charge in [0.1, 0.15) is 0 Å². The van der Waals surface area contributed by atoms with Gasteiger partial charge >= 0.3 is 0 Å². The van der Waals surface area contributed by atoms with Crippen LogP contribution in [0, 0.1) is 12.3 Å². The summed E-state index contributed by atoms with van der Waals surface area (Å²) >= 11 is 11.8. The predicted molar refractivity (Wildman–Crippen MR) is 78.1 cm³/mol. The molecule has 0 spiro atoms. The number of halogens is 2. The van der Waals surface area contributed by atoms with Crippen LogP contribution in [0.1, 0.15) is 5.56 Å². The van der Waals surface area contributed by atoms with E-state index in [1.165, 1.54) is 0 Å². The number of terminal acetylenes is 1. The zero-order valence-corrected chi connectivity index (χ0v) is 11.9. The van der Waals surface area contributed by atoms with Crippen LogP contribution in [0.15, 0.2) is 23.2 Å². The molecule has 0 saturated heterocycles. The van der Waals surface area contributed by atoms with Gasteiger partial charge in [0.15, 0.2) is 5.96 Å². The number of aliphatic imine (C=N–C) groups is 1. The van der Waals surface area contributed by atoms with E-state index < -0.39 is 0 Å². The second kappa shape index (κ2) is 7.15. The first kappa shape index (κ1) is 14.7. The van der Waals surface area contributed by atoms with Crippen molar-refractivity contribution >= 4 is 29.2 Å². The average molecular weight is 284 g/mol. The van der Waals surface area contributed by atoms with Crippen LogP contribution in [0.4, 0.5) is 0 Å². The van der Waals surface area contributed by atoms with Crippen molar-refractivity contribution in [2.75, 3.05) is 20.6 Å². The van der Waals surface area contributed by atoms with Gasteiger partial charge in [-0.2, -0.15) is 0 Å². The zero-order valence-electron chi connectivity index (χ0n) is 10.4. The minimum atomic E-state index is 0.443. The highest BCUT2D eigenvalue weighted by Gasteiger charge is 2.07. The maximum atomic E-state index is 5.97. The molecule has 0 aliphatic heterocycles. The number of hydrogen-bond acceptors (Lipinski definition) is 1. The number of nitrogens with one attached hydrogen (secondary N) is 1. The molecule has 1 N–H and O–H groups in total. The van der Waals surface area contributed by atoms with Gasteiger partial charge in [-0.25, -0.2) is 0 Å². The van der Waals surface area contributed by atoms with Crippen LogP contribution in [0.2, 0.25) is 10.0 Å². The number of hydrogen-bond donors (Lipinski definition) is 1. The van der Waals surface area contributed by atoms with Crippen molar-refractivity contribution in [3.05, 3.63) is 33.8 Å². The van der Waals surface area contributed by atoms with E-state index in [2.05, 4.69) is 16.2 Å². The fourth-order valence-electron chi connectivity index (χ4n) is 1.50. The van der Waals surface area contributed by atoms with Crippen LogP contribution in [-0.4, -0.2) is 31.5 Å². The van der Waals surface area contributed by atoms with Gasteiger partial charge in [0.25, 0.3) is 0 Å². The molecule has 96 valence electrons. The Labute approximate surface area is 118 Å². The Morgan fingerprint density at radius 3 is 2.72 bits per heavy atom. The molecule has 0 heterocycles. The highest BCUT2D eigenvalue weighted by molar-refractivity contribution is 6.42. The van der Waals surface area contributed by atoms with Gasteiger partial charge in [0, 0.05) is 20.6 Å². The summed E-state index contributed by atoms with van der Waals surface area (Å²) < 4.78 is 0. The Balaban J connectivity index is 2.71. The summed E-state index contributed by atoms with van der Waals surface area (Å²) in [5.41, 5.74) is 1.05. The largest absolute Gasteiger partial charge is 0.345 e. The lowest BCUT2D eigenvalue weighted by atomic mass is 10.2. The Morgan fingerprint density at radius 2 is 2.17 bits per heavy atom. The first-order valence-corrected chi connectivity index (χ1v) is 6.13. The minimum absolute atomic E-state index is 0.443. The van der Waals surface area contributed by atoms with E-state index in [1.54, 1.807) is 13.1 Å². The number of benzene rings is 1. The lowest BCUT2D eigenvalue weighted by Crippen LogP contribution is -2.38. The molecular weight excluding hydrogens is 269 g/mol. The molecule has 18 heavy (non-hydrogen) atoms. The van der Waals surface area contributed by atoms with Crippen molar-refractivity contribution in [3.8, 4) is 12.3 Å². The van der Waals surface area contributed by atoms with Crippen molar-refractivity contribution in [2.45, 2.75) is 6.54 Å². The maximum absolute atomic E-state index is 5.97. The summed E-state index contributed by atoms with van der Waals surface area (Å²) in [7, 11) is 3.64. The molecule has 3 nitrogen and oxygen atoms in total. The van der Waals surface area contributed by atoms with E-state index in [-0.39, 0.29) is 0 Å². The summed E-state index contributed by atoms with van der Waals surface area (Å²) in [4.78, 5) is 6.09. The van der Waals surface area contributed by atoms with Crippen LogP contribution in [0.3, 0.4) is 0 Å². The van der Waals surface area contributed by atoms with Gasteiger partial charge in [-0.1, -0.05) is 35.2 Å². The smallest absolute Gasteiger partial charge is 0.194 e. The lowest BCUT2D eigenvalue weighted by molar-refractivity contribution is 0.481. The third-order valence-corrected chi connectivity index (χ3v) is 3.06. The van der Waals surface area contributed by atoms with Crippen molar-refractivity contribution in [2.24, 2.45) is 4.99 Å². The molecule has 0 aliphatic carbocycles. The normalized spacial score (nSPS) is 10.9. The second-order valence-corrected chi connectivity index (χ2v) is 4.52. The Kier molecular flexibility index (Phi) is 5.84. The molecule has 0 aromatic heterocycles. The van der Waals surface area contributed by atoms with Gasteiger partial charge in [0.2, 0.25) is 0 Å². The summed E-state index contributed by atoms with van der Waals surface area (Å²) in [6.07, 6.45) is 5.20. The van der Waals surface area contributed by atoms with E-state index in [4.69, 9.17) is 29.6 Å². The fourth-order valence-corrected chi connectivity index (χ4v) is 1.82. The van der Waals surface area contributed by atoms with Crippen LogP contribution >= 0.6 is 23.2 Å². The van der Waals surface area contributed by atoms with Gasteiger partial charge in [-0.15, -0.1) is 6.42 Å². The summed E-state index contributed by atoms with van der Waals surface area (Å²) in [5.74, 6) is 3.25. The molecular formula is C13H15Cl2N3. The van der Waals surface area contributed by atoms with Gasteiger partial charge in [0.05, 0.1) is 16.6 Å². The van der Waals surface area contributed by atoms with Crippen LogP contribution in [0.25, 0.3) is 0 Å². The Bertz CT molecular complexity index is 478. The van der Waals surface area contributed by atoms with E-state index in [1.807, 2.05) is 24.1 Å². The van der Waals surface area contributed by atoms with Gasteiger partial charge in [-0.05, 0) is 17.7 Å². The van der Waals surface area contributed by atoms with Crippen molar-refractivity contribution in [1.82, 2.24) is 10.2 Å². The van der Waals surface area contributed by atoms with Crippen molar-refractivity contribution in [3.63, 3.8) is 0 Å². The Morgan fingerprint density at radius 1 is 1.44 bits per heavy atom. The topological polar surface area (TPSA) is 27.6 Å². The zero-order chi connectivity index (χ0) is 13.5. The highest BCUT2D eigenvalue weighted by atomic mass is 35.5. The first-order valence-electron chi connectivity index (χ1n) is 5.37. The molecule has 5 heteroatoms. The quantitative estimate of drug-likeness (QED) is 0.525. The first-order chi connectivity index (χ1) is 8.58. The summed E-state index contributed by atoms with van der Waals surface area (Å²) in [6, 6.07) is 5.55. The van der Waals surface area contributed by atoms with E-state index >= 15 is 0 Å². The van der Waals surface area contributed by atoms with Crippen molar-refractivity contribution < 1.29 is 0 Å². The van der Waals surface area contributed by atoms with Crippen LogP contribution in [0.5, 0.6) is 0 Å². The number of rotatable bonds is 3. The molecule has 0 bridgehead atoms. The van der Waals surface area contributed by atoms with Crippen LogP contribution < -0.4 is 5.32 Å². The van der Waals surface area contributed by atoms with E-state index in [0.29, 0.717) is 23.1 Å². The monoisotopic (exact) mass is 283 g/mol. The van der Waals surface area contributed by atoms with Gasteiger partial charge < -0.3 is 10.2 Å². The van der Waals surface area contributed by atoms with Crippen molar-refractivity contribution in [1.29, 1.82) is 0 Å². The molecule has 1 aromatic carbocycles. The molecule has 1 aromatic rings. The van der Waals surface area contributed by atoms with E-state index in [9.17, 15) is 0 Å². The minimum Gasteiger partial charge on any atom is -0.345 e. The SMILES string of the molecule is C#CCNC(=NC)N(C)Cc1ccc(Cl)c(Cl)c1. The third kappa shape index (κ3) is 4.14. The van der Waals surface area contributed by atoms with E-state index in [0.717, 1.165) is 11.5 Å². The highest BCUT2D eigenvalue weighted by Crippen LogP contribution is 2.23. The second-order valence-electron chi connectivity index (χ2n) is 3.71. The molecule has 0 fully saturated rings. The number of guanidine groups is 1. The molecule has 0 amide bonds. The Hall–Kier alpha value is -1.37. The molecule has 0 atom stereocenters. The number of nitrogens with zero attached hydrogens (tertiary/aromatic N) is 2. The lowest BCUT2D eigenvalue weighted by Gasteiger charge is -2.21. The molecule has 0 unspecified atom stereocenters. The standard InChI is InChI=1S/C13H15Cl2N3/c1-4-7-17-13(16-2)18(3)9-10-5-6-11(14)12(15)8-10/h1,5-6,8H,7,9H2,2-3H3,(H,16,17). The molecule has 0 radical (unpaired) electrons. The van der Waals surface area contributed by atoms with Crippen LogP contribution in [-0.2, 0) is 6.54 Å². The predicted octanol–water partition coefficient (Wildman–Crippen LogP) is 2.63. The maximum Gasteiger partial charge on any atom is 0.194 e. The summed E-state index contributed by atoms with van der Waals surface area (Å²) in [6.45, 7) is 1.11. The molecule has 0 saturated carbocycles. The third-order valence-electron chi connectivity index (χ3n) is 2.33. The fraction of sp³-hybridized carbons (Fsp3) is 0.308. The van der Waals surface area contributed by atoms with Gasteiger partial charge in [-0.3, -0.25) is 4.99 Å². The average Bonchev–Trinajstić information content (AvgIpc) is 2.35.